The maximum Gasteiger partial charge on any atom is 2.00 e. The Morgan fingerprint density at radius 3 is 1.00 bits per heavy atom. The Hall–Kier alpha value is 1.69. The van der Waals surface area contributed by atoms with Crippen molar-refractivity contribution in [3.8, 4) is 0 Å². The van der Waals surface area contributed by atoms with Crippen molar-refractivity contribution in [3.05, 3.63) is 0 Å². The molecule has 0 heterocycles. The minimum absolute atomic E-state index is 0. The van der Waals surface area contributed by atoms with E-state index in [-0.39, 0.29) is 43.4 Å². The molecule has 0 atom stereocenters. The van der Waals surface area contributed by atoms with Gasteiger partial charge in [-0.05, 0) is 0 Å². The van der Waals surface area contributed by atoms with Crippen LogP contribution in [0.1, 0.15) is 0 Å². The molecule has 0 N–H and O–H groups in total. The van der Waals surface area contributed by atoms with Crippen molar-refractivity contribution >= 4 is 15.6 Å². The van der Waals surface area contributed by atoms with E-state index in [9.17, 15) is 28.7 Å². The number of rotatable bonds is 2. The molecule has 0 rings (SSSR count). The molecule has 0 spiro atoms. The molecule has 0 radical (unpaired) electrons. The van der Waals surface area contributed by atoms with Crippen LogP contribution in [-0.2, 0) is 56.9 Å². The molecule has 0 aromatic heterocycles. The minimum atomic E-state index is -5.68. The second kappa shape index (κ2) is 6.19. The molecule has 0 aromatic rings. The van der Waals surface area contributed by atoms with Crippen LogP contribution >= 0.6 is 15.6 Å². The predicted octanol–water partition coefficient (Wildman–Crippen LogP) is -3.34. The van der Waals surface area contributed by atoms with Crippen LogP contribution in [0, 0.1) is 0 Å². The Labute approximate surface area is 91.8 Å². The summed E-state index contributed by atoms with van der Waals surface area (Å²) < 4.78 is 21.2. The van der Waals surface area contributed by atoms with Gasteiger partial charge < -0.3 is 33.0 Å². The molecule has 0 fully saturated rings. The summed E-state index contributed by atoms with van der Waals surface area (Å²) in [5.41, 5.74) is 0. The Bertz CT molecular complexity index is 155. The van der Waals surface area contributed by atoms with Crippen LogP contribution < -0.4 is 19.6 Å². The molecule has 0 aromatic carbocycles. The largest absolute Gasteiger partial charge is 2.00 e. The first-order chi connectivity index (χ1) is 3.71. The Balaban J connectivity index is -0.000000320. The summed E-state index contributed by atoms with van der Waals surface area (Å²) >= 11 is 0. The first-order valence-corrected chi connectivity index (χ1v) is 4.38. The molecular formula is O7P2Ti2. The summed E-state index contributed by atoms with van der Waals surface area (Å²) in [4.78, 5) is 37.3. The van der Waals surface area contributed by atoms with E-state index in [4.69, 9.17) is 0 Å². The van der Waals surface area contributed by atoms with E-state index in [0.717, 1.165) is 0 Å². The van der Waals surface area contributed by atoms with E-state index in [1.54, 1.807) is 0 Å². The molecule has 11 heavy (non-hydrogen) atoms. The molecule has 7 nitrogen and oxygen atoms in total. The third-order valence-electron chi connectivity index (χ3n) is 0.200. The zero-order valence-corrected chi connectivity index (χ0v) is 9.66. The van der Waals surface area contributed by atoms with Crippen molar-refractivity contribution in [2.24, 2.45) is 0 Å². The smallest absolute Gasteiger partial charge is 0.790 e. The van der Waals surface area contributed by atoms with Gasteiger partial charge in [-0.2, -0.15) is 0 Å². The molecular weight excluding hydrogens is 270 g/mol. The monoisotopic (exact) mass is 270 g/mol. The average Bonchev–Trinajstić information content (AvgIpc) is 1.14. The van der Waals surface area contributed by atoms with Gasteiger partial charge in [-0.25, -0.2) is 0 Å². The van der Waals surface area contributed by atoms with Crippen molar-refractivity contribution in [2.75, 3.05) is 0 Å². The Kier molecular flexibility index (Phi) is 10.4. The van der Waals surface area contributed by atoms with Gasteiger partial charge in [0.15, 0.2) is 0 Å². The fourth-order valence-electron chi connectivity index (χ4n) is 0.122. The molecule has 0 unspecified atom stereocenters. The van der Waals surface area contributed by atoms with Crippen LogP contribution in [0.4, 0.5) is 0 Å². The first kappa shape index (κ1) is 18.5. The molecule has 0 aliphatic heterocycles. The minimum Gasteiger partial charge on any atom is -0.790 e. The molecule has 0 amide bonds. The third-order valence-corrected chi connectivity index (χ3v) is 1.80. The van der Waals surface area contributed by atoms with E-state index >= 15 is 0 Å². The average molecular weight is 270 g/mol. The fraction of sp³-hybridized carbons (Fsp3) is 0. The van der Waals surface area contributed by atoms with Crippen molar-refractivity contribution < 1.29 is 76.4 Å². The van der Waals surface area contributed by atoms with Crippen LogP contribution in [0.3, 0.4) is 0 Å². The summed E-state index contributed by atoms with van der Waals surface area (Å²) in [6.07, 6.45) is 0. The van der Waals surface area contributed by atoms with Crippen molar-refractivity contribution in [1.82, 2.24) is 0 Å². The number of hydrogen-bond donors (Lipinski definition) is 0. The molecule has 60 valence electrons. The zero-order chi connectivity index (χ0) is 7.71. The SMILES string of the molecule is O=P([O-])([O-])OP(=O)([O-])[O-].[Ti+2].[Ti+2]. The first-order valence-electron chi connectivity index (χ1n) is 1.46. The number of hydrogen-bond acceptors (Lipinski definition) is 7. The van der Waals surface area contributed by atoms with Crippen LogP contribution in [0.5, 0.6) is 0 Å². The van der Waals surface area contributed by atoms with Gasteiger partial charge in [0, 0.05) is 0 Å². The van der Waals surface area contributed by atoms with Gasteiger partial charge in [-0.1, -0.05) is 0 Å². The second-order valence-corrected chi connectivity index (χ2v) is 3.42. The van der Waals surface area contributed by atoms with Crippen molar-refractivity contribution in [3.63, 3.8) is 0 Å². The van der Waals surface area contributed by atoms with Crippen LogP contribution in [0.2, 0.25) is 0 Å². The predicted molar refractivity (Wildman–Crippen MR) is 16.3 cm³/mol. The molecule has 0 bridgehead atoms. The maximum atomic E-state index is 9.32. The molecule has 11 heteroatoms. The maximum absolute atomic E-state index is 9.32. The van der Waals surface area contributed by atoms with Gasteiger partial charge in [0.05, 0.1) is 15.6 Å². The van der Waals surface area contributed by atoms with Crippen molar-refractivity contribution in [2.45, 2.75) is 0 Å². The Morgan fingerprint density at radius 2 is 1.00 bits per heavy atom. The van der Waals surface area contributed by atoms with Crippen LogP contribution in [0.15, 0.2) is 0 Å². The van der Waals surface area contributed by atoms with Crippen molar-refractivity contribution in [1.29, 1.82) is 0 Å². The summed E-state index contributed by atoms with van der Waals surface area (Å²) in [7, 11) is -11.4. The Morgan fingerprint density at radius 1 is 0.818 bits per heavy atom. The number of phosphoric acid groups is 2. The van der Waals surface area contributed by atoms with E-state index in [2.05, 4.69) is 4.31 Å². The van der Waals surface area contributed by atoms with Crippen LogP contribution in [-0.4, -0.2) is 0 Å². The zero-order valence-electron chi connectivity index (χ0n) is 4.75. The van der Waals surface area contributed by atoms with E-state index in [1.165, 1.54) is 0 Å². The molecule has 0 aliphatic rings. The standard InChI is InChI=1S/H4O7P2.2Ti/c1-8(2,3)7-9(4,5)6;;/h(H2,1,2,3)(H2,4,5,6);;/q;2*+2/p-4. The van der Waals surface area contributed by atoms with Gasteiger partial charge in [0.1, 0.15) is 0 Å². The summed E-state index contributed by atoms with van der Waals surface area (Å²) in [6, 6.07) is 0. The van der Waals surface area contributed by atoms with Gasteiger partial charge in [-0.3, -0.25) is 0 Å². The van der Waals surface area contributed by atoms with E-state index in [1.807, 2.05) is 0 Å². The van der Waals surface area contributed by atoms with Crippen LogP contribution in [0.25, 0.3) is 0 Å². The van der Waals surface area contributed by atoms with Gasteiger partial charge in [0.2, 0.25) is 0 Å². The quantitative estimate of drug-likeness (QED) is 0.377. The molecule has 0 saturated carbocycles. The van der Waals surface area contributed by atoms with E-state index < -0.39 is 15.6 Å². The second-order valence-electron chi connectivity index (χ2n) is 0.976. The fourth-order valence-corrected chi connectivity index (χ4v) is 1.10. The van der Waals surface area contributed by atoms with Gasteiger partial charge in [-0.15, -0.1) is 0 Å². The van der Waals surface area contributed by atoms with Gasteiger partial charge in [0.25, 0.3) is 0 Å². The van der Waals surface area contributed by atoms with Gasteiger partial charge >= 0.3 is 43.4 Å². The molecule has 0 aliphatic carbocycles. The topological polar surface area (TPSA) is 136 Å². The normalized spacial score (nSPS) is 11.3. The summed E-state index contributed by atoms with van der Waals surface area (Å²) in [6.45, 7) is 0. The third kappa shape index (κ3) is 18.6. The van der Waals surface area contributed by atoms with E-state index in [0.29, 0.717) is 0 Å². The molecule has 0 saturated heterocycles. The summed E-state index contributed by atoms with van der Waals surface area (Å²) in [5, 5.41) is 0. The summed E-state index contributed by atoms with van der Waals surface area (Å²) in [5.74, 6) is 0.